The average molecular weight is 609 g/mol. The van der Waals surface area contributed by atoms with Crippen LogP contribution in [0.3, 0.4) is 0 Å². The van der Waals surface area contributed by atoms with Crippen LogP contribution in [0.4, 0.5) is 29.6 Å². The van der Waals surface area contributed by atoms with Crippen molar-refractivity contribution in [2.45, 2.75) is 71.3 Å². The van der Waals surface area contributed by atoms with E-state index >= 15 is 0 Å². The fraction of sp³-hybridized carbons (Fsp3) is 0.400. The molecule has 1 aliphatic heterocycles. The first-order chi connectivity index (χ1) is 20.5. The van der Waals surface area contributed by atoms with Crippen LogP contribution in [0.2, 0.25) is 0 Å². The van der Waals surface area contributed by atoms with Crippen LogP contribution >= 0.6 is 0 Å². The SMILES string of the molecule is CC(C)(C)OC(=O)N1CCc2ccc(Nc3ncc4c(=O)n(CC(F)(F)F)n(-c5cccc(C(C)(C)C#N)n5)c4n3)cc2C1. The number of hydrogen-bond acceptors (Lipinski definition) is 8. The van der Waals surface area contributed by atoms with Gasteiger partial charge in [-0.3, -0.25) is 4.79 Å². The van der Waals surface area contributed by atoms with E-state index in [-0.39, 0.29) is 22.8 Å². The number of carbonyl (C=O) groups excluding carboxylic acids is 1. The number of fused-ring (bicyclic) bond motifs is 2. The summed E-state index contributed by atoms with van der Waals surface area (Å²) in [5, 5.41) is 12.5. The maximum atomic E-state index is 13.6. The smallest absolute Gasteiger partial charge is 0.410 e. The summed E-state index contributed by atoms with van der Waals surface area (Å²) in [4.78, 5) is 40.5. The van der Waals surface area contributed by atoms with E-state index in [4.69, 9.17) is 4.74 Å². The minimum absolute atomic E-state index is 0.0113. The predicted molar refractivity (Wildman–Crippen MR) is 156 cm³/mol. The van der Waals surface area contributed by atoms with Gasteiger partial charge in [-0.1, -0.05) is 12.1 Å². The molecule has 1 aromatic carbocycles. The number of pyridine rings is 1. The topological polar surface area (TPSA) is 131 Å². The zero-order valence-corrected chi connectivity index (χ0v) is 24.9. The van der Waals surface area contributed by atoms with Crippen LogP contribution in [0, 0.1) is 11.3 Å². The van der Waals surface area contributed by atoms with Gasteiger partial charge in [0.05, 0.1) is 17.2 Å². The lowest BCUT2D eigenvalue weighted by atomic mass is 9.91. The van der Waals surface area contributed by atoms with Crippen LogP contribution in [0.25, 0.3) is 16.9 Å². The third kappa shape index (κ3) is 6.36. The molecular weight excluding hydrogens is 577 g/mol. The number of aromatic nitrogens is 5. The molecule has 0 saturated heterocycles. The summed E-state index contributed by atoms with van der Waals surface area (Å²) in [7, 11) is 0. The minimum Gasteiger partial charge on any atom is -0.444 e. The van der Waals surface area contributed by atoms with Crippen molar-refractivity contribution in [3.05, 3.63) is 69.8 Å². The Labute approximate surface area is 250 Å². The molecule has 1 aliphatic rings. The van der Waals surface area contributed by atoms with Gasteiger partial charge >= 0.3 is 12.3 Å². The summed E-state index contributed by atoms with van der Waals surface area (Å²) in [6.45, 7) is 7.94. The van der Waals surface area contributed by atoms with E-state index in [1.807, 2.05) is 18.2 Å². The molecule has 14 heteroatoms. The van der Waals surface area contributed by atoms with Crippen molar-refractivity contribution in [3.8, 4) is 11.9 Å². The first-order valence-electron chi connectivity index (χ1n) is 13.9. The lowest BCUT2D eigenvalue weighted by molar-refractivity contribution is -0.144. The molecule has 0 unspecified atom stereocenters. The third-order valence-electron chi connectivity index (χ3n) is 7.00. The van der Waals surface area contributed by atoms with E-state index in [9.17, 15) is 28.0 Å². The van der Waals surface area contributed by atoms with Crippen LogP contribution in [0.15, 0.2) is 47.4 Å². The van der Waals surface area contributed by atoms with E-state index in [0.717, 1.165) is 15.8 Å². The Bertz CT molecular complexity index is 1850. The number of amides is 1. The number of hydrogen-bond donors (Lipinski definition) is 1. The number of anilines is 2. The molecule has 0 radical (unpaired) electrons. The number of rotatable bonds is 5. The van der Waals surface area contributed by atoms with E-state index < -0.39 is 35.4 Å². The van der Waals surface area contributed by atoms with Crippen LogP contribution in [-0.4, -0.2) is 53.6 Å². The van der Waals surface area contributed by atoms with Gasteiger partial charge in [-0.15, -0.1) is 0 Å². The van der Waals surface area contributed by atoms with Crippen LogP contribution < -0.4 is 10.9 Å². The molecule has 11 nitrogen and oxygen atoms in total. The summed E-state index contributed by atoms with van der Waals surface area (Å²) >= 11 is 0. The lowest BCUT2D eigenvalue weighted by Gasteiger charge is -2.31. The number of carbonyl (C=O) groups is 1. The Balaban J connectivity index is 1.53. The summed E-state index contributed by atoms with van der Waals surface area (Å²) in [6.07, 6.45) is -3.32. The molecule has 3 aromatic heterocycles. The summed E-state index contributed by atoms with van der Waals surface area (Å²) < 4.78 is 47.9. The summed E-state index contributed by atoms with van der Waals surface area (Å²) in [5.74, 6) is 0.0199. The van der Waals surface area contributed by atoms with Crippen molar-refractivity contribution in [1.29, 1.82) is 5.26 Å². The predicted octanol–water partition coefficient (Wildman–Crippen LogP) is 5.38. The average Bonchev–Trinajstić information content (AvgIpc) is 3.20. The molecule has 44 heavy (non-hydrogen) atoms. The van der Waals surface area contributed by atoms with Gasteiger partial charge in [0.1, 0.15) is 17.5 Å². The molecular formula is C30H31F3N8O3. The van der Waals surface area contributed by atoms with E-state index in [1.54, 1.807) is 51.7 Å². The lowest BCUT2D eigenvalue weighted by Crippen LogP contribution is -2.39. The number of nitriles is 1. The molecule has 230 valence electrons. The molecule has 0 atom stereocenters. The third-order valence-corrected chi connectivity index (χ3v) is 7.00. The van der Waals surface area contributed by atoms with Crippen LogP contribution in [-0.2, 0) is 29.7 Å². The number of nitrogens with one attached hydrogen (secondary N) is 1. The van der Waals surface area contributed by atoms with Crippen molar-refractivity contribution in [2.75, 3.05) is 11.9 Å². The van der Waals surface area contributed by atoms with Gasteiger partial charge in [-0.2, -0.15) is 23.4 Å². The minimum atomic E-state index is -4.72. The molecule has 0 bridgehead atoms. The first kappa shape index (κ1) is 30.5. The number of ether oxygens (including phenoxy) is 1. The second kappa shape index (κ2) is 11.0. The molecule has 1 amide bonds. The van der Waals surface area contributed by atoms with Gasteiger partial charge < -0.3 is 15.0 Å². The molecule has 5 rings (SSSR count). The van der Waals surface area contributed by atoms with E-state index in [0.29, 0.717) is 35.6 Å². The van der Waals surface area contributed by atoms with Gasteiger partial charge in [0.15, 0.2) is 11.5 Å². The Morgan fingerprint density at radius 1 is 1.09 bits per heavy atom. The Morgan fingerprint density at radius 3 is 2.52 bits per heavy atom. The highest BCUT2D eigenvalue weighted by Gasteiger charge is 2.33. The van der Waals surface area contributed by atoms with Crippen molar-refractivity contribution in [2.24, 2.45) is 0 Å². The highest BCUT2D eigenvalue weighted by atomic mass is 19.4. The van der Waals surface area contributed by atoms with Crippen LogP contribution in [0.1, 0.15) is 51.4 Å². The number of nitrogens with zero attached hydrogens (tertiary/aromatic N) is 7. The number of benzene rings is 1. The molecule has 0 spiro atoms. The van der Waals surface area contributed by atoms with Gasteiger partial charge in [-0.05, 0) is 76.4 Å². The largest absolute Gasteiger partial charge is 0.444 e. The fourth-order valence-electron chi connectivity index (χ4n) is 4.83. The first-order valence-corrected chi connectivity index (χ1v) is 13.9. The van der Waals surface area contributed by atoms with Crippen molar-refractivity contribution in [1.82, 2.24) is 29.2 Å². The van der Waals surface area contributed by atoms with Crippen LogP contribution in [0.5, 0.6) is 0 Å². The van der Waals surface area contributed by atoms with E-state index in [1.165, 1.54) is 12.3 Å². The Kier molecular flexibility index (Phi) is 7.61. The van der Waals surface area contributed by atoms with Crippen molar-refractivity contribution < 1.29 is 22.7 Å². The van der Waals surface area contributed by atoms with E-state index in [2.05, 4.69) is 26.3 Å². The normalized spacial score (nSPS) is 13.8. The Hall–Kier alpha value is -4.93. The second-order valence-electron chi connectivity index (χ2n) is 12.1. The molecule has 0 fully saturated rings. The maximum absolute atomic E-state index is 13.6. The highest BCUT2D eigenvalue weighted by molar-refractivity contribution is 5.77. The molecule has 0 aliphatic carbocycles. The second-order valence-corrected chi connectivity index (χ2v) is 12.1. The van der Waals surface area contributed by atoms with Gasteiger partial charge in [0.2, 0.25) is 5.95 Å². The van der Waals surface area contributed by atoms with Gasteiger partial charge in [0.25, 0.3) is 5.56 Å². The zero-order valence-electron chi connectivity index (χ0n) is 24.9. The molecule has 1 N–H and O–H groups in total. The molecule has 0 saturated carbocycles. The van der Waals surface area contributed by atoms with Gasteiger partial charge in [-0.25, -0.2) is 24.1 Å². The molecule has 4 heterocycles. The molecule has 4 aromatic rings. The number of halogens is 3. The summed E-state index contributed by atoms with van der Waals surface area (Å²) in [6, 6.07) is 12.3. The fourth-order valence-corrected chi connectivity index (χ4v) is 4.83. The quantitative estimate of drug-likeness (QED) is 0.320. The highest BCUT2D eigenvalue weighted by Crippen LogP contribution is 2.27. The van der Waals surface area contributed by atoms with Gasteiger partial charge in [0, 0.05) is 25.0 Å². The summed E-state index contributed by atoms with van der Waals surface area (Å²) in [5.41, 5.74) is 0.150. The Morgan fingerprint density at radius 2 is 1.84 bits per heavy atom. The van der Waals surface area contributed by atoms with Crippen molar-refractivity contribution >= 4 is 28.8 Å². The number of alkyl halides is 3. The standard InChI is InChI=1S/C30H31F3N8O3/c1-28(2,3)44-27(43)39-12-11-18-9-10-20(13-19(18)15-39)36-26-35-14-21-24(38-26)41(40(25(21)42)17-30(31,32)33)23-8-6-7-22(37-23)29(4,5)16-34/h6-10,13-14H,11-12,15,17H2,1-5H3,(H,35,36,38). The zero-order chi connectivity index (χ0) is 32.0. The van der Waals surface area contributed by atoms with Crippen molar-refractivity contribution in [3.63, 3.8) is 0 Å². The monoisotopic (exact) mass is 608 g/mol. The maximum Gasteiger partial charge on any atom is 0.410 e.